The predicted molar refractivity (Wildman–Crippen MR) is 89.5 cm³/mol. The van der Waals surface area contributed by atoms with Gasteiger partial charge in [-0.1, -0.05) is 52.0 Å². The summed E-state index contributed by atoms with van der Waals surface area (Å²) in [5.74, 6) is 0.890. The summed E-state index contributed by atoms with van der Waals surface area (Å²) >= 11 is 0. The first kappa shape index (κ1) is 15.4. The number of hydrogen-bond acceptors (Lipinski definition) is 2. The van der Waals surface area contributed by atoms with Crippen molar-refractivity contribution in [2.45, 2.75) is 40.2 Å². The Hall–Kier alpha value is -2.03. The molecule has 1 aromatic heterocycles. The Bertz CT molecular complexity index is 667. The van der Waals surface area contributed by atoms with Gasteiger partial charge in [0, 0.05) is 6.54 Å². The molecule has 0 radical (unpaired) electrons. The predicted octanol–water partition coefficient (Wildman–Crippen LogP) is 3.88. The number of nitrogens with zero attached hydrogens (tertiary/aromatic N) is 1. The molecule has 3 heteroatoms. The number of rotatable bonds is 4. The minimum absolute atomic E-state index is 0.103. The van der Waals surface area contributed by atoms with Gasteiger partial charge in [-0.2, -0.15) is 0 Å². The maximum absolute atomic E-state index is 12.3. The molecule has 0 aliphatic rings. The molecule has 0 unspecified atom stereocenters. The maximum atomic E-state index is 12.3. The minimum Gasteiger partial charge on any atom is -0.394 e. The first-order valence-electron chi connectivity index (χ1n) is 7.49. The first-order valence-corrected chi connectivity index (χ1v) is 7.49. The molecule has 0 bridgehead atoms. The monoisotopic (exact) mass is 284 g/mol. The summed E-state index contributed by atoms with van der Waals surface area (Å²) in [5, 5.41) is 0. The van der Waals surface area contributed by atoms with Crippen molar-refractivity contribution in [1.29, 1.82) is 0 Å². The SMILES string of the molecule is CC(C)Cn1c(-c2ccc(C(C)C)cc2)ccc(N)c1=O. The van der Waals surface area contributed by atoms with Gasteiger partial charge < -0.3 is 10.3 Å². The highest BCUT2D eigenvalue weighted by Gasteiger charge is 2.10. The van der Waals surface area contributed by atoms with E-state index in [1.807, 2.05) is 6.07 Å². The van der Waals surface area contributed by atoms with E-state index in [0.717, 1.165) is 11.3 Å². The molecule has 0 aliphatic carbocycles. The van der Waals surface area contributed by atoms with E-state index in [0.29, 0.717) is 24.1 Å². The van der Waals surface area contributed by atoms with Crippen molar-refractivity contribution in [3.05, 3.63) is 52.3 Å². The highest BCUT2D eigenvalue weighted by molar-refractivity contribution is 5.62. The lowest BCUT2D eigenvalue weighted by atomic mass is 10.0. The molecule has 0 atom stereocenters. The third-order valence-corrected chi connectivity index (χ3v) is 3.62. The van der Waals surface area contributed by atoms with Crippen LogP contribution in [0.25, 0.3) is 11.3 Å². The van der Waals surface area contributed by atoms with Crippen LogP contribution in [0.3, 0.4) is 0 Å². The molecule has 1 heterocycles. The van der Waals surface area contributed by atoms with Crippen molar-refractivity contribution in [3.63, 3.8) is 0 Å². The molecule has 0 fully saturated rings. The third kappa shape index (κ3) is 3.35. The summed E-state index contributed by atoms with van der Waals surface area (Å²) in [5.41, 5.74) is 9.25. The van der Waals surface area contributed by atoms with Crippen LogP contribution in [0.15, 0.2) is 41.2 Å². The molecule has 0 aliphatic heterocycles. The van der Waals surface area contributed by atoms with Gasteiger partial charge in [0.05, 0.1) is 11.4 Å². The summed E-state index contributed by atoms with van der Waals surface area (Å²) in [6.07, 6.45) is 0. The summed E-state index contributed by atoms with van der Waals surface area (Å²) in [4.78, 5) is 12.3. The zero-order valence-corrected chi connectivity index (χ0v) is 13.3. The minimum atomic E-state index is -0.103. The summed E-state index contributed by atoms with van der Waals surface area (Å²) in [6.45, 7) is 9.22. The van der Waals surface area contributed by atoms with E-state index >= 15 is 0 Å². The van der Waals surface area contributed by atoms with Gasteiger partial charge in [-0.15, -0.1) is 0 Å². The molecule has 2 N–H and O–H groups in total. The van der Waals surface area contributed by atoms with Crippen molar-refractivity contribution in [2.75, 3.05) is 5.73 Å². The maximum Gasteiger partial charge on any atom is 0.274 e. The van der Waals surface area contributed by atoms with Crippen LogP contribution in [0.5, 0.6) is 0 Å². The second-order valence-electron chi connectivity index (χ2n) is 6.26. The third-order valence-electron chi connectivity index (χ3n) is 3.62. The summed E-state index contributed by atoms with van der Waals surface area (Å²) < 4.78 is 1.78. The molecule has 0 spiro atoms. The van der Waals surface area contributed by atoms with Crippen molar-refractivity contribution < 1.29 is 0 Å². The molecule has 112 valence electrons. The zero-order valence-electron chi connectivity index (χ0n) is 13.3. The van der Waals surface area contributed by atoms with Gasteiger partial charge in [0.1, 0.15) is 0 Å². The van der Waals surface area contributed by atoms with Crippen LogP contribution in [0.1, 0.15) is 39.2 Å². The van der Waals surface area contributed by atoms with E-state index in [1.54, 1.807) is 10.6 Å². The summed E-state index contributed by atoms with van der Waals surface area (Å²) in [7, 11) is 0. The highest BCUT2D eigenvalue weighted by atomic mass is 16.1. The van der Waals surface area contributed by atoms with Gasteiger partial charge in [-0.25, -0.2) is 0 Å². The first-order chi connectivity index (χ1) is 9.90. The van der Waals surface area contributed by atoms with Crippen molar-refractivity contribution in [2.24, 2.45) is 5.92 Å². The number of aromatic nitrogens is 1. The van der Waals surface area contributed by atoms with E-state index in [2.05, 4.69) is 52.0 Å². The van der Waals surface area contributed by atoms with E-state index in [1.165, 1.54) is 5.56 Å². The zero-order chi connectivity index (χ0) is 15.6. The average Bonchev–Trinajstić information content (AvgIpc) is 2.44. The standard InChI is InChI=1S/C18H24N2O/c1-12(2)11-20-17(10-9-16(19)18(20)21)15-7-5-14(6-8-15)13(3)4/h5-10,12-13H,11,19H2,1-4H3. The molecule has 2 rings (SSSR count). The average molecular weight is 284 g/mol. The van der Waals surface area contributed by atoms with Crippen LogP contribution in [-0.2, 0) is 6.54 Å². The fourth-order valence-corrected chi connectivity index (χ4v) is 2.43. The second-order valence-corrected chi connectivity index (χ2v) is 6.26. The lowest BCUT2D eigenvalue weighted by molar-refractivity contribution is 0.516. The molecule has 3 nitrogen and oxygen atoms in total. The highest BCUT2D eigenvalue weighted by Crippen LogP contribution is 2.23. The normalized spacial score (nSPS) is 11.3. The van der Waals surface area contributed by atoms with Gasteiger partial charge in [-0.05, 0) is 35.1 Å². The van der Waals surface area contributed by atoms with Gasteiger partial charge in [-0.3, -0.25) is 4.79 Å². The fourth-order valence-electron chi connectivity index (χ4n) is 2.43. The Morgan fingerprint density at radius 1 is 1.00 bits per heavy atom. The molecule has 2 aromatic rings. The quantitative estimate of drug-likeness (QED) is 0.926. The molecule has 0 saturated heterocycles. The molecule has 1 aromatic carbocycles. The van der Waals surface area contributed by atoms with Crippen LogP contribution in [0.2, 0.25) is 0 Å². The molecule has 0 saturated carbocycles. The van der Waals surface area contributed by atoms with Crippen LogP contribution < -0.4 is 11.3 Å². The number of nitrogen functional groups attached to an aromatic ring is 1. The van der Waals surface area contributed by atoms with Crippen LogP contribution >= 0.6 is 0 Å². The number of hydrogen-bond donors (Lipinski definition) is 1. The fraction of sp³-hybridized carbons (Fsp3) is 0.389. The van der Waals surface area contributed by atoms with Gasteiger partial charge in [0.2, 0.25) is 0 Å². The van der Waals surface area contributed by atoms with Gasteiger partial charge >= 0.3 is 0 Å². The van der Waals surface area contributed by atoms with E-state index < -0.39 is 0 Å². The van der Waals surface area contributed by atoms with E-state index in [-0.39, 0.29) is 5.56 Å². The van der Waals surface area contributed by atoms with Crippen LogP contribution in [-0.4, -0.2) is 4.57 Å². The number of pyridine rings is 1. The Balaban J connectivity index is 2.52. The number of anilines is 1. The largest absolute Gasteiger partial charge is 0.394 e. The lowest BCUT2D eigenvalue weighted by Gasteiger charge is -2.16. The van der Waals surface area contributed by atoms with Crippen molar-refractivity contribution in [1.82, 2.24) is 4.57 Å². The lowest BCUT2D eigenvalue weighted by Crippen LogP contribution is -2.26. The molecular formula is C18H24N2O. The number of nitrogens with two attached hydrogens (primary N) is 1. The Morgan fingerprint density at radius 3 is 2.14 bits per heavy atom. The molecule has 21 heavy (non-hydrogen) atoms. The Labute approximate surface area is 126 Å². The van der Waals surface area contributed by atoms with Gasteiger partial charge in [0.15, 0.2) is 0 Å². The second kappa shape index (κ2) is 6.17. The smallest absolute Gasteiger partial charge is 0.274 e. The van der Waals surface area contributed by atoms with Crippen molar-refractivity contribution >= 4 is 5.69 Å². The topological polar surface area (TPSA) is 48.0 Å². The van der Waals surface area contributed by atoms with Crippen LogP contribution in [0, 0.1) is 5.92 Å². The molecule has 0 amide bonds. The number of benzene rings is 1. The Kier molecular flexibility index (Phi) is 4.51. The Morgan fingerprint density at radius 2 is 1.62 bits per heavy atom. The van der Waals surface area contributed by atoms with E-state index in [9.17, 15) is 4.79 Å². The van der Waals surface area contributed by atoms with E-state index in [4.69, 9.17) is 5.73 Å². The van der Waals surface area contributed by atoms with Crippen molar-refractivity contribution in [3.8, 4) is 11.3 Å². The van der Waals surface area contributed by atoms with Crippen LogP contribution in [0.4, 0.5) is 5.69 Å². The summed E-state index contributed by atoms with van der Waals surface area (Å²) in [6, 6.07) is 12.0. The molecular weight excluding hydrogens is 260 g/mol. The van der Waals surface area contributed by atoms with Gasteiger partial charge in [0.25, 0.3) is 5.56 Å².